The van der Waals surface area contributed by atoms with Crippen LogP contribution in [0, 0.1) is 0 Å². The Morgan fingerprint density at radius 3 is 2.45 bits per heavy atom. The fraction of sp³-hybridized carbons (Fsp3) is 0. The molecule has 0 radical (unpaired) electrons. The van der Waals surface area contributed by atoms with Gasteiger partial charge in [0, 0.05) is 16.3 Å². The van der Waals surface area contributed by atoms with Gasteiger partial charge in [-0.25, -0.2) is 0 Å². The van der Waals surface area contributed by atoms with Crippen LogP contribution in [0.1, 0.15) is 15.1 Å². The first kappa shape index (κ1) is 4.94. The van der Waals surface area contributed by atoms with Gasteiger partial charge in [0.2, 0.25) is 0 Å². The highest BCUT2D eigenvalue weighted by atomic mass is 35.5. The van der Waals surface area contributed by atoms with Crippen LogP contribution in [0.3, 0.4) is 0 Å². The van der Waals surface area contributed by atoms with E-state index < -0.39 is 66.5 Å². The van der Waals surface area contributed by atoms with Gasteiger partial charge in [-0.15, -0.1) is 0 Å². The molecule has 4 aromatic rings. The number of benzene rings is 3. The zero-order chi connectivity index (χ0) is 23.1. The number of rotatable bonds is 1. The van der Waals surface area contributed by atoms with Crippen LogP contribution in [-0.4, -0.2) is 0 Å². The Hall–Kier alpha value is -2.25. The molecule has 0 atom stereocenters. The number of para-hydroxylation sites is 1. The molecule has 3 aromatic carbocycles. The molecular formula is C18H11ClO. The van der Waals surface area contributed by atoms with Crippen molar-refractivity contribution in [1.29, 1.82) is 0 Å². The Kier molecular flexibility index (Phi) is 1.09. The quantitative estimate of drug-likeness (QED) is 0.425. The van der Waals surface area contributed by atoms with E-state index in [1.54, 1.807) is 0 Å². The van der Waals surface area contributed by atoms with Crippen LogP contribution in [0.4, 0.5) is 0 Å². The molecule has 96 valence electrons. The summed E-state index contributed by atoms with van der Waals surface area (Å²) < 4.78 is 94.4. The molecule has 0 spiro atoms. The van der Waals surface area contributed by atoms with Crippen LogP contribution < -0.4 is 0 Å². The highest BCUT2D eigenvalue weighted by Gasteiger charge is 2.14. The number of hydrogen-bond acceptors (Lipinski definition) is 1. The Labute approximate surface area is 136 Å². The molecule has 1 aromatic heterocycles. The van der Waals surface area contributed by atoms with Crippen molar-refractivity contribution in [1.82, 2.24) is 0 Å². The highest BCUT2D eigenvalue weighted by Crippen LogP contribution is 2.39. The van der Waals surface area contributed by atoms with Gasteiger partial charge in [-0.05, 0) is 23.7 Å². The van der Waals surface area contributed by atoms with E-state index in [1.165, 1.54) is 0 Å². The van der Waals surface area contributed by atoms with Crippen molar-refractivity contribution in [3.63, 3.8) is 0 Å². The standard InChI is InChI=1S/C18H11ClO/c19-15-11-10-13(12-6-2-1-3-7-12)18-17(15)14-8-4-5-9-16(14)20-18/h1-11H/i1D,2D,3D,4D,5D,6D,7D,8D,9D,10D,11D. The van der Waals surface area contributed by atoms with Crippen LogP contribution in [0.25, 0.3) is 33.1 Å². The maximum Gasteiger partial charge on any atom is 0.144 e. The molecule has 1 heterocycles. The highest BCUT2D eigenvalue weighted by molar-refractivity contribution is 6.38. The van der Waals surface area contributed by atoms with Gasteiger partial charge in [-0.1, -0.05) is 59.9 Å². The van der Waals surface area contributed by atoms with Gasteiger partial charge in [-0.3, -0.25) is 0 Å². The summed E-state index contributed by atoms with van der Waals surface area (Å²) in [5.74, 6) is 0. The third-order valence-corrected chi connectivity index (χ3v) is 3.11. The van der Waals surface area contributed by atoms with Gasteiger partial charge in [0.05, 0.1) is 20.1 Å². The van der Waals surface area contributed by atoms with Crippen LogP contribution in [0.5, 0.6) is 0 Å². The molecule has 20 heavy (non-hydrogen) atoms. The molecular weight excluding hydrogens is 268 g/mol. The topological polar surface area (TPSA) is 13.1 Å². The van der Waals surface area contributed by atoms with E-state index in [0.29, 0.717) is 0 Å². The normalized spacial score (nSPS) is 18.9. The van der Waals surface area contributed by atoms with Crippen LogP contribution >= 0.6 is 11.6 Å². The van der Waals surface area contributed by atoms with Crippen LogP contribution in [-0.2, 0) is 0 Å². The van der Waals surface area contributed by atoms with Crippen molar-refractivity contribution in [2.24, 2.45) is 0 Å². The SMILES string of the molecule is [2H]c1c([2H])c([2H])c(-c2c([2H])c([2H])c(Cl)c3c2oc2c([2H])c([2H])c([2H])c([2H])c23)c([2H])c1[2H]. The monoisotopic (exact) mass is 289 g/mol. The fourth-order valence-corrected chi connectivity index (χ4v) is 2.22. The third-order valence-electron chi connectivity index (χ3n) is 2.83. The van der Waals surface area contributed by atoms with E-state index in [9.17, 15) is 0 Å². The summed E-state index contributed by atoms with van der Waals surface area (Å²) in [7, 11) is 0. The lowest BCUT2D eigenvalue weighted by Crippen LogP contribution is -1.79. The van der Waals surface area contributed by atoms with E-state index in [0.717, 1.165) is 0 Å². The lowest BCUT2D eigenvalue weighted by molar-refractivity contribution is 0.670. The summed E-state index contributed by atoms with van der Waals surface area (Å²) in [4.78, 5) is 0. The minimum atomic E-state index is -0.648. The van der Waals surface area contributed by atoms with Gasteiger partial charge >= 0.3 is 0 Å². The smallest absolute Gasteiger partial charge is 0.144 e. The van der Waals surface area contributed by atoms with Crippen molar-refractivity contribution < 1.29 is 19.5 Å². The van der Waals surface area contributed by atoms with E-state index in [2.05, 4.69) is 0 Å². The fourth-order valence-electron chi connectivity index (χ4n) is 1.99. The Balaban J connectivity index is 2.36. The molecule has 2 heteroatoms. The van der Waals surface area contributed by atoms with Gasteiger partial charge < -0.3 is 4.42 Å². The molecule has 0 fully saturated rings. The second-order valence-electron chi connectivity index (χ2n) is 3.95. The number of hydrogen-bond donors (Lipinski definition) is 0. The summed E-state index contributed by atoms with van der Waals surface area (Å²) in [6.07, 6.45) is 0. The number of halogens is 1. The molecule has 0 saturated heterocycles. The zero-order valence-electron chi connectivity index (χ0n) is 20.8. The molecule has 1 nitrogen and oxygen atoms in total. The van der Waals surface area contributed by atoms with Gasteiger partial charge in [0.15, 0.2) is 0 Å². The summed E-state index contributed by atoms with van der Waals surface area (Å²) in [6.45, 7) is 0. The molecule has 0 N–H and O–H groups in total. The van der Waals surface area contributed by atoms with Crippen molar-refractivity contribution in [3.05, 3.63) is 71.5 Å². The lowest BCUT2D eigenvalue weighted by atomic mass is 10.0. The predicted octanol–water partition coefficient (Wildman–Crippen LogP) is 5.91. The maximum atomic E-state index is 8.37. The first-order valence-corrected chi connectivity index (χ1v) is 5.98. The second-order valence-corrected chi connectivity index (χ2v) is 4.33. The number of furan rings is 1. The number of fused-ring (bicyclic) bond motifs is 3. The molecule has 4 rings (SSSR count). The van der Waals surface area contributed by atoms with E-state index in [4.69, 9.17) is 31.1 Å². The Morgan fingerprint density at radius 2 is 1.60 bits per heavy atom. The van der Waals surface area contributed by atoms with E-state index in [1.807, 2.05) is 0 Å². The summed E-state index contributed by atoms with van der Waals surface area (Å²) in [5, 5.41) is -0.514. The summed E-state index contributed by atoms with van der Waals surface area (Å²) in [5.41, 5.74) is -1.23. The average molecular weight is 290 g/mol. The lowest BCUT2D eigenvalue weighted by Gasteiger charge is -2.03. The van der Waals surface area contributed by atoms with Crippen molar-refractivity contribution in [2.75, 3.05) is 0 Å². The molecule has 0 bridgehead atoms. The second kappa shape index (κ2) is 4.39. The van der Waals surface area contributed by atoms with E-state index >= 15 is 0 Å². The van der Waals surface area contributed by atoms with Crippen molar-refractivity contribution in [2.45, 2.75) is 0 Å². The van der Waals surface area contributed by atoms with E-state index in [-0.39, 0.29) is 38.1 Å². The summed E-state index contributed by atoms with van der Waals surface area (Å²) >= 11 is 6.28. The molecule has 0 saturated carbocycles. The molecule has 0 aliphatic rings. The van der Waals surface area contributed by atoms with Gasteiger partial charge in [0.1, 0.15) is 11.2 Å². The average Bonchev–Trinajstić information content (AvgIpc) is 3.14. The molecule has 0 aliphatic heterocycles. The summed E-state index contributed by atoms with van der Waals surface area (Å²) in [6, 6.07) is -6.37. The van der Waals surface area contributed by atoms with Gasteiger partial charge in [-0.2, -0.15) is 0 Å². The molecule has 0 unspecified atom stereocenters. The van der Waals surface area contributed by atoms with Crippen LogP contribution in [0.2, 0.25) is 5.02 Å². The first-order valence-electron chi connectivity index (χ1n) is 11.1. The Bertz CT molecular complexity index is 1430. The predicted molar refractivity (Wildman–Crippen MR) is 84.2 cm³/mol. The first-order chi connectivity index (χ1) is 14.4. The molecule has 0 aliphatic carbocycles. The van der Waals surface area contributed by atoms with Crippen molar-refractivity contribution >= 4 is 33.5 Å². The largest absolute Gasteiger partial charge is 0.455 e. The van der Waals surface area contributed by atoms with Gasteiger partial charge in [0.25, 0.3) is 0 Å². The molecule has 0 amide bonds. The maximum absolute atomic E-state index is 8.37. The third kappa shape index (κ3) is 1.64. The zero-order valence-corrected chi connectivity index (χ0v) is 10.5. The van der Waals surface area contributed by atoms with Crippen LogP contribution in [0.15, 0.2) is 70.9 Å². The Morgan fingerprint density at radius 1 is 0.850 bits per heavy atom. The minimum absolute atomic E-state index is 0.0912. The van der Waals surface area contributed by atoms with Crippen molar-refractivity contribution in [3.8, 4) is 11.1 Å². The minimum Gasteiger partial charge on any atom is -0.455 e.